The lowest BCUT2D eigenvalue weighted by Gasteiger charge is -2.06. The van der Waals surface area contributed by atoms with Gasteiger partial charge in [0.25, 0.3) is 0 Å². The van der Waals surface area contributed by atoms with E-state index in [1.807, 2.05) is 0 Å². The molecule has 0 spiro atoms. The normalized spacial score (nSPS) is 11.9. The fourth-order valence-electron chi connectivity index (χ4n) is 1.52. The highest BCUT2D eigenvalue weighted by atomic mass is 32.1. The molecule has 1 aromatic heterocycles. The van der Waals surface area contributed by atoms with E-state index in [4.69, 9.17) is 10.8 Å². The summed E-state index contributed by atoms with van der Waals surface area (Å²) in [4.78, 5) is 10.5. The molecule has 0 aliphatic carbocycles. The summed E-state index contributed by atoms with van der Waals surface area (Å²) in [5.74, 6) is -1.32. The molecule has 0 aliphatic rings. The molecule has 0 atom stereocenters. The molecule has 0 saturated heterocycles. The maximum absolute atomic E-state index is 12.7. The number of alkyl halides is 3. The first-order valence-electron chi connectivity index (χ1n) is 4.44. The van der Waals surface area contributed by atoms with Crippen molar-refractivity contribution in [2.75, 3.05) is 5.73 Å². The molecule has 0 aliphatic heterocycles. The van der Waals surface area contributed by atoms with Crippen LogP contribution in [0.1, 0.15) is 15.2 Å². The summed E-state index contributed by atoms with van der Waals surface area (Å²) < 4.78 is 37.9. The Kier molecular flexibility index (Phi) is 2.50. The number of benzene rings is 1. The van der Waals surface area contributed by atoms with Gasteiger partial charge in [0.05, 0.1) is 11.3 Å². The lowest BCUT2D eigenvalue weighted by atomic mass is 10.1. The Balaban J connectivity index is 2.83. The van der Waals surface area contributed by atoms with Crippen LogP contribution in [0.2, 0.25) is 0 Å². The molecule has 3 nitrogen and oxygen atoms in total. The molecule has 0 bridgehead atoms. The standard InChI is InChI=1S/C10H6F3NO2S/c11-10(12,13)5-3-1-2-4-6(14)8(9(15)16)17-7(4)5/h1-3H,14H2,(H,15,16). The summed E-state index contributed by atoms with van der Waals surface area (Å²) in [7, 11) is 0. The zero-order valence-corrected chi connectivity index (χ0v) is 9.02. The second-order valence-electron chi connectivity index (χ2n) is 3.33. The minimum absolute atomic E-state index is 0.122. The quantitative estimate of drug-likeness (QED) is 0.828. The van der Waals surface area contributed by atoms with Crippen molar-refractivity contribution < 1.29 is 23.1 Å². The average molecular weight is 261 g/mol. The molecule has 1 aromatic carbocycles. The number of anilines is 1. The number of halogens is 3. The first-order chi connectivity index (χ1) is 7.82. The van der Waals surface area contributed by atoms with Gasteiger partial charge in [-0.1, -0.05) is 12.1 Å². The van der Waals surface area contributed by atoms with E-state index in [9.17, 15) is 18.0 Å². The van der Waals surface area contributed by atoms with Crippen molar-refractivity contribution in [2.24, 2.45) is 0 Å². The van der Waals surface area contributed by atoms with Gasteiger partial charge in [0.15, 0.2) is 0 Å². The molecule has 90 valence electrons. The summed E-state index contributed by atoms with van der Waals surface area (Å²) in [6.45, 7) is 0. The lowest BCUT2D eigenvalue weighted by molar-refractivity contribution is -0.136. The highest BCUT2D eigenvalue weighted by molar-refractivity contribution is 7.21. The minimum atomic E-state index is -4.52. The number of nitrogen functional groups attached to an aromatic ring is 1. The molecular weight excluding hydrogens is 255 g/mol. The van der Waals surface area contributed by atoms with Crippen molar-refractivity contribution in [1.82, 2.24) is 0 Å². The van der Waals surface area contributed by atoms with Crippen LogP contribution >= 0.6 is 11.3 Å². The molecule has 3 N–H and O–H groups in total. The predicted molar refractivity (Wildman–Crippen MR) is 58.2 cm³/mol. The molecule has 1 heterocycles. The molecule has 17 heavy (non-hydrogen) atoms. The lowest BCUT2D eigenvalue weighted by Crippen LogP contribution is -2.04. The van der Waals surface area contributed by atoms with E-state index >= 15 is 0 Å². The third-order valence-corrected chi connectivity index (χ3v) is 3.50. The van der Waals surface area contributed by atoms with E-state index in [0.717, 1.165) is 6.07 Å². The van der Waals surface area contributed by atoms with E-state index < -0.39 is 17.7 Å². The van der Waals surface area contributed by atoms with Gasteiger partial charge in [0.2, 0.25) is 0 Å². The van der Waals surface area contributed by atoms with E-state index in [0.29, 0.717) is 11.3 Å². The fraction of sp³-hybridized carbons (Fsp3) is 0.100. The van der Waals surface area contributed by atoms with Crippen LogP contribution in [-0.2, 0) is 6.18 Å². The van der Waals surface area contributed by atoms with Crippen LogP contribution < -0.4 is 5.73 Å². The maximum Gasteiger partial charge on any atom is 0.417 e. The SMILES string of the molecule is Nc1c(C(=O)O)sc2c(C(F)(F)F)cccc12. The molecule has 0 saturated carbocycles. The predicted octanol–water partition coefficient (Wildman–Crippen LogP) is 3.20. The third kappa shape index (κ3) is 1.82. The molecule has 0 amide bonds. The Hall–Kier alpha value is -1.76. The number of aromatic carboxylic acids is 1. The van der Waals surface area contributed by atoms with Gasteiger partial charge in [0.1, 0.15) is 4.88 Å². The molecule has 7 heteroatoms. The summed E-state index contributed by atoms with van der Waals surface area (Å²) in [5, 5.41) is 8.94. The van der Waals surface area contributed by atoms with Crippen molar-refractivity contribution >= 4 is 33.1 Å². The zero-order valence-electron chi connectivity index (χ0n) is 8.21. The van der Waals surface area contributed by atoms with Crippen LogP contribution in [0, 0.1) is 0 Å². The number of hydrogen-bond donors (Lipinski definition) is 2. The molecular formula is C10H6F3NO2S. The van der Waals surface area contributed by atoms with Crippen molar-refractivity contribution in [2.45, 2.75) is 6.18 Å². The van der Waals surface area contributed by atoms with Crippen LogP contribution in [0.5, 0.6) is 0 Å². The average Bonchev–Trinajstić information content (AvgIpc) is 2.55. The maximum atomic E-state index is 12.7. The van der Waals surface area contributed by atoms with Crippen LogP contribution in [0.3, 0.4) is 0 Å². The second-order valence-corrected chi connectivity index (χ2v) is 4.35. The fourth-order valence-corrected chi connectivity index (χ4v) is 2.61. The number of fused-ring (bicyclic) bond motifs is 1. The van der Waals surface area contributed by atoms with Crippen LogP contribution in [0.4, 0.5) is 18.9 Å². The molecule has 0 radical (unpaired) electrons. The monoisotopic (exact) mass is 261 g/mol. The first kappa shape index (κ1) is 11.7. The van der Waals surface area contributed by atoms with Crippen molar-refractivity contribution in [1.29, 1.82) is 0 Å². The van der Waals surface area contributed by atoms with Gasteiger partial charge >= 0.3 is 12.1 Å². The number of nitrogens with two attached hydrogens (primary N) is 1. The van der Waals surface area contributed by atoms with Crippen LogP contribution in [0.25, 0.3) is 10.1 Å². The van der Waals surface area contributed by atoms with Gasteiger partial charge in [-0.3, -0.25) is 0 Å². The van der Waals surface area contributed by atoms with Gasteiger partial charge in [-0.25, -0.2) is 4.79 Å². The second kappa shape index (κ2) is 3.63. The van der Waals surface area contributed by atoms with Gasteiger partial charge in [-0.05, 0) is 6.07 Å². The smallest absolute Gasteiger partial charge is 0.417 e. The highest BCUT2D eigenvalue weighted by Crippen LogP contribution is 2.41. The number of carbonyl (C=O) groups is 1. The van der Waals surface area contributed by atoms with Crippen LogP contribution in [-0.4, -0.2) is 11.1 Å². The Labute approximate surface area is 97.3 Å². The molecule has 2 aromatic rings. The van der Waals surface area contributed by atoms with Crippen LogP contribution in [0.15, 0.2) is 18.2 Å². The number of thiophene rings is 1. The van der Waals surface area contributed by atoms with Gasteiger partial charge in [-0.2, -0.15) is 13.2 Å². The van der Waals surface area contributed by atoms with Crippen molar-refractivity contribution in [3.8, 4) is 0 Å². The Morgan fingerprint density at radius 3 is 2.53 bits per heavy atom. The first-order valence-corrected chi connectivity index (χ1v) is 5.25. The molecule has 0 unspecified atom stereocenters. The zero-order chi connectivity index (χ0) is 12.8. The minimum Gasteiger partial charge on any atom is -0.477 e. The van der Waals surface area contributed by atoms with Gasteiger partial charge in [0, 0.05) is 10.1 Å². The van der Waals surface area contributed by atoms with E-state index in [1.54, 1.807) is 0 Å². The summed E-state index contributed by atoms with van der Waals surface area (Å²) >= 11 is 0.541. The Morgan fingerprint density at radius 2 is 2.00 bits per heavy atom. The van der Waals surface area contributed by atoms with E-state index in [1.165, 1.54) is 12.1 Å². The Morgan fingerprint density at radius 1 is 1.35 bits per heavy atom. The summed E-state index contributed by atoms with van der Waals surface area (Å²) in [6.07, 6.45) is -4.52. The van der Waals surface area contributed by atoms with Gasteiger partial charge < -0.3 is 10.8 Å². The summed E-state index contributed by atoms with van der Waals surface area (Å²) in [5.41, 5.74) is 4.53. The number of rotatable bonds is 1. The van der Waals surface area contributed by atoms with Gasteiger partial charge in [-0.15, -0.1) is 11.3 Å². The van der Waals surface area contributed by atoms with E-state index in [2.05, 4.69) is 0 Å². The highest BCUT2D eigenvalue weighted by Gasteiger charge is 2.34. The number of carboxylic acid groups (broad SMARTS) is 1. The molecule has 0 fully saturated rings. The largest absolute Gasteiger partial charge is 0.477 e. The third-order valence-electron chi connectivity index (χ3n) is 2.25. The topological polar surface area (TPSA) is 63.3 Å². The summed E-state index contributed by atoms with van der Waals surface area (Å²) in [6, 6.07) is 3.49. The van der Waals surface area contributed by atoms with Crippen molar-refractivity contribution in [3.05, 3.63) is 28.6 Å². The number of hydrogen-bond acceptors (Lipinski definition) is 3. The Bertz CT molecular complexity index is 603. The molecule has 2 rings (SSSR count). The van der Waals surface area contributed by atoms with Crippen molar-refractivity contribution in [3.63, 3.8) is 0 Å². The number of carboxylic acids is 1. The van der Waals surface area contributed by atoms with E-state index in [-0.39, 0.29) is 20.7 Å².